The van der Waals surface area contributed by atoms with Crippen molar-refractivity contribution in [1.82, 2.24) is 4.98 Å². The summed E-state index contributed by atoms with van der Waals surface area (Å²) in [6, 6.07) is 7.70. The highest BCUT2D eigenvalue weighted by Gasteiger charge is 2.09. The number of benzene rings is 1. The van der Waals surface area contributed by atoms with Gasteiger partial charge in [0.25, 0.3) is 0 Å². The molecule has 0 amide bonds. The van der Waals surface area contributed by atoms with Crippen LogP contribution in [0.3, 0.4) is 0 Å². The zero-order valence-electron chi connectivity index (χ0n) is 10.8. The molecule has 0 aliphatic heterocycles. The summed E-state index contributed by atoms with van der Waals surface area (Å²) in [5.74, 6) is 1.41. The lowest BCUT2D eigenvalue weighted by atomic mass is 10.2. The molecule has 5 heteroatoms. The lowest BCUT2D eigenvalue weighted by Gasteiger charge is -2.10. The normalized spacial score (nSPS) is 9.95. The van der Waals surface area contributed by atoms with Crippen LogP contribution in [0.1, 0.15) is 19.0 Å². The average Bonchev–Trinajstić information content (AvgIpc) is 2.93. The Balaban J connectivity index is 2.30. The summed E-state index contributed by atoms with van der Waals surface area (Å²) in [5, 5.41) is 11.3. The first-order valence-corrected chi connectivity index (χ1v) is 6.83. The second-order valence-corrected chi connectivity index (χ2v) is 4.72. The Bertz CT molecular complexity index is 602. The third-order valence-electron chi connectivity index (χ3n) is 2.49. The fraction of sp³-hybridized carbons (Fsp3) is 0.286. The highest BCUT2D eigenvalue weighted by atomic mass is 32.1. The first kappa shape index (κ1) is 13.4. The van der Waals surface area contributed by atoms with E-state index < -0.39 is 0 Å². The van der Waals surface area contributed by atoms with Crippen LogP contribution in [0.25, 0.3) is 10.6 Å². The van der Waals surface area contributed by atoms with Crippen molar-refractivity contribution < 1.29 is 9.47 Å². The maximum Gasteiger partial charge on any atom is 0.161 e. The Labute approximate surface area is 116 Å². The number of thiazole rings is 1. The molecule has 98 valence electrons. The quantitative estimate of drug-likeness (QED) is 0.837. The molecule has 0 spiro atoms. The fourth-order valence-corrected chi connectivity index (χ4v) is 2.33. The fourth-order valence-electron chi connectivity index (χ4n) is 1.59. The molecule has 0 unspecified atom stereocenters. The molecule has 0 radical (unpaired) electrons. The molecule has 19 heavy (non-hydrogen) atoms. The molecule has 1 aromatic heterocycles. The van der Waals surface area contributed by atoms with Crippen molar-refractivity contribution in [2.75, 3.05) is 13.7 Å². The second kappa shape index (κ2) is 6.21. The monoisotopic (exact) mass is 274 g/mol. The van der Waals surface area contributed by atoms with Gasteiger partial charge in [0.1, 0.15) is 11.1 Å². The SMILES string of the molecule is CCCOc1ccc(-c2nc(C#N)cs2)cc1OC. The predicted octanol–water partition coefficient (Wildman–Crippen LogP) is 3.48. The van der Waals surface area contributed by atoms with Crippen LogP contribution in [-0.2, 0) is 0 Å². The molecule has 0 bridgehead atoms. The zero-order valence-corrected chi connectivity index (χ0v) is 11.7. The van der Waals surface area contributed by atoms with Gasteiger partial charge in [-0.3, -0.25) is 0 Å². The summed E-state index contributed by atoms with van der Waals surface area (Å²) in [6.07, 6.45) is 0.947. The number of hydrogen-bond donors (Lipinski definition) is 0. The minimum Gasteiger partial charge on any atom is -0.493 e. The highest BCUT2D eigenvalue weighted by Crippen LogP contribution is 2.33. The molecule has 0 atom stereocenters. The Morgan fingerprint density at radius 2 is 2.21 bits per heavy atom. The van der Waals surface area contributed by atoms with E-state index in [2.05, 4.69) is 11.9 Å². The van der Waals surface area contributed by atoms with Gasteiger partial charge >= 0.3 is 0 Å². The number of methoxy groups -OCH3 is 1. The van der Waals surface area contributed by atoms with E-state index in [1.165, 1.54) is 11.3 Å². The number of ether oxygens (including phenoxy) is 2. The minimum atomic E-state index is 0.435. The summed E-state index contributed by atoms with van der Waals surface area (Å²) in [4.78, 5) is 4.23. The van der Waals surface area contributed by atoms with Gasteiger partial charge in [-0.05, 0) is 24.6 Å². The van der Waals surface area contributed by atoms with E-state index in [1.807, 2.05) is 24.3 Å². The molecule has 1 heterocycles. The van der Waals surface area contributed by atoms with Gasteiger partial charge in [0.05, 0.1) is 13.7 Å². The van der Waals surface area contributed by atoms with Crippen LogP contribution in [0.5, 0.6) is 11.5 Å². The van der Waals surface area contributed by atoms with E-state index in [0.717, 1.165) is 22.7 Å². The molecule has 2 rings (SSSR count). The lowest BCUT2D eigenvalue weighted by Crippen LogP contribution is -1.97. The Morgan fingerprint density at radius 1 is 1.37 bits per heavy atom. The molecule has 2 aromatic rings. The second-order valence-electron chi connectivity index (χ2n) is 3.86. The smallest absolute Gasteiger partial charge is 0.161 e. The van der Waals surface area contributed by atoms with Crippen molar-refractivity contribution in [2.45, 2.75) is 13.3 Å². The number of nitrogens with zero attached hydrogens (tertiary/aromatic N) is 2. The van der Waals surface area contributed by atoms with Gasteiger partial charge < -0.3 is 9.47 Å². The van der Waals surface area contributed by atoms with Gasteiger partial charge in [0.2, 0.25) is 0 Å². The first-order chi connectivity index (χ1) is 9.28. The number of nitriles is 1. The Hall–Kier alpha value is -2.06. The van der Waals surface area contributed by atoms with E-state index in [0.29, 0.717) is 18.1 Å². The number of aromatic nitrogens is 1. The first-order valence-electron chi connectivity index (χ1n) is 5.95. The summed E-state index contributed by atoms with van der Waals surface area (Å²) in [7, 11) is 1.61. The number of hydrogen-bond acceptors (Lipinski definition) is 5. The maximum atomic E-state index is 8.79. The molecular formula is C14H14N2O2S. The molecule has 0 aliphatic rings. The van der Waals surface area contributed by atoms with E-state index in [9.17, 15) is 0 Å². The molecular weight excluding hydrogens is 260 g/mol. The van der Waals surface area contributed by atoms with Gasteiger partial charge in [-0.15, -0.1) is 11.3 Å². The summed E-state index contributed by atoms with van der Waals surface area (Å²) in [6.45, 7) is 2.71. The van der Waals surface area contributed by atoms with Crippen LogP contribution < -0.4 is 9.47 Å². The topological polar surface area (TPSA) is 55.1 Å². The third kappa shape index (κ3) is 3.04. The van der Waals surface area contributed by atoms with Crippen LogP contribution >= 0.6 is 11.3 Å². The maximum absolute atomic E-state index is 8.79. The van der Waals surface area contributed by atoms with Gasteiger partial charge in [-0.2, -0.15) is 5.26 Å². The van der Waals surface area contributed by atoms with Crippen molar-refractivity contribution in [3.8, 4) is 28.1 Å². The molecule has 0 aliphatic carbocycles. The van der Waals surface area contributed by atoms with E-state index in [1.54, 1.807) is 12.5 Å². The third-order valence-corrected chi connectivity index (χ3v) is 3.38. The molecule has 0 saturated heterocycles. The van der Waals surface area contributed by atoms with Crippen molar-refractivity contribution >= 4 is 11.3 Å². The highest BCUT2D eigenvalue weighted by molar-refractivity contribution is 7.13. The standard InChI is InChI=1S/C14H14N2O2S/c1-3-6-18-12-5-4-10(7-13(12)17-2)14-16-11(8-15)9-19-14/h4-5,7,9H,3,6H2,1-2H3. The van der Waals surface area contributed by atoms with Crippen molar-refractivity contribution in [3.63, 3.8) is 0 Å². The van der Waals surface area contributed by atoms with Gasteiger partial charge in [0, 0.05) is 10.9 Å². The largest absolute Gasteiger partial charge is 0.493 e. The summed E-state index contributed by atoms with van der Waals surface area (Å²) < 4.78 is 10.9. The Kier molecular flexibility index (Phi) is 4.37. The van der Waals surface area contributed by atoms with E-state index in [-0.39, 0.29) is 0 Å². The molecule has 4 nitrogen and oxygen atoms in total. The number of rotatable bonds is 5. The van der Waals surface area contributed by atoms with Crippen LogP contribution in [0.4, 0.5) is 0 Å². The van der Waals surface area contributed by atoms with Crippen LogP contribution in [0.15, 0.2) is 23.6 Å². The van der Waals surface area contributed by atoms with Gasteiger partial charge in [0.15, 0.2) is 17.2 Å². The van der Waals surface area contributed by atoms with Gasteiger partial charge in [-0.25, -0.2) is 4.98 Å². The summed E-state index contributed by atoms with van der Waals surface area (Å²) in [5.41, 5.74) is 1.36. The van der Waals surface area contributed by atoms with Crippen molar-refractivity contribution in [1.29, 1.82) is 5.26 Å². The van der Waals surface area contributed by atoms with Crippen molar-refractivity contribution in [3.05, 3.63) is 29.3 Å². The lowest BCUT2D eigenvalue weighted by molar-refractivity contribution is 0.294. The zero-order chi connectivity index (χ0) is 13.7. The molecule has 1 aromatic carbocycles. The van der Waals surface area contributed by atoms with Crippen molar-refractivity contribution in [2.24, 2.45) is 0 Å². The predicted molar refractivity (Wildman–Crippen MR) is 74.6 cm³/mol. The van der Waals surface area contributed by atoms with Crippen LogP contribution in [0, 0.1) is 11.3 Å². The van der Waals surface area contributed by atoms with Crippen LogP contribution in [0.2, 0.25) is 0 Å². The van der Waals surface area contributed by atoms with Gasteiger partial charge in [-0.1, -0.05) is 6.92 Å². The minimum absolute atomic E-state index is 0.435. The van der Waals surface area contributed by atoms with E-state index in [4.69, 9.17) is 14.7 Å². The Morgan fingerprint density at radius 3 is 2.84 bits per heavy atom. The van der Waals surface area contributed by atoms with E-state index >= 15 is 0 Å². The molecule has 0 N–H and O–H groups in total. The average molecular weight is 274 g/mol. The summed E-state index contributed by atoms with van der Waals surface area (Å²) >= 11 is 1.44. The molecule has 0 saturated carbocycles. The van der Waals surface area contributed by atoms with Crippen LogP contribution in [-0.4, -0.2) is 18.7 Å². The molecule has 0 fully saturated rings.